The molecule has 0 saturated heterocycles. The molecule has 3 aromatic rings. The topological polar surface area (TPSA) is 41.9 Å². The van der Waals surface area contributed by atoms with Gasteiger partial charge in [0, 0.05) is 28.0 Å². The summed E-state index contributed by atoms with van der Waals surface area (Å²) in [4.78, 5) is 0. The number of nitrogens with one attached hydrogen (secondary N) is 2. The van der Waals surface area contributed by atoms with Crippen LogP contribution in [0.3, 0.4) is 0 Å². The number of halogens is 2. The minimum atomic E-state index is 0.447. The second-order valence-corrected chi connectivity index (χ2v) is 6.76. The van der Waals surface area contributed by atoms with Gasteiger partial charge in [-0.05, 0) is 48.5 Å². The number of benzene rings is 2. The van der Waals surface area contributed by atoms with E-state index in [0.717, 1.165) is 21.8 Å². The van der Waals surface area contributed by atoms with Gasteiger partial charge in [0.1, 0.15) is 0 Å². The normalized spacial score (nSPS) is 10.5. The van der Waals surface area contributed by atoms with Gasteiger partial charge in [0.15, 0.2) is 10.9 Å². The van der Waals surface area contributed by atoms with Gasteiger partial charge in [0.2, 0.25) is 0 Å². The monoisotopic (exact) mass is 390 g/mol. The highest BCUT2D eigenvalue weighted by Crippen LogP contribution is 2.20. The number of hydrogen-bond donors (Lipinski definition) is 2. The number of anilines is 2. The van der Waals surface area contributed by atoms with Gasteiger partial charge < -0.3 is 10.6 Å². The third kappa shape index (κ3) is 4.72. The molecule has 2 N–H and O–H groups in total. The van der Waals surface area contributed by atoms with E-state index < -0.39 is 0 Å². The van der Waals surface area contributed by atoms with Crippen molar-refractivity contribution >= 4 is 52.0 Å². The van der Waals surface area contributed by atoms with E-state index in [0.29, 0.717) is 22.5 Å². The van der Waals surface area contributed by atoms with Crippen molar-refractivity contribution in [2.24, 2.45) is 0 Å². The molecule has 2 aromatic carbocycles. The highest BCUT2D eigenvalue weighted by molar-refractivity contribution is 7.80. The van der Waals surface area contributed by atoms with Crippen LogP contribution in [-0.2, 0) is 6.54 Å². The van der Waals surface area contributed by atoms with Crippen molar-refractivity contribution in [3.8, 4) is 0 Å². The average Bonchev–Trinajstić information content (AvgIpc) is 3.00. The van der Waals surface area contributed by atoms with E-state index in [-0.39, 0.29) is 0 Å². The molecular formula is C18H16Cl2N4S. The Kier molecular flexibility index (Phi) is 5.58. The molecule has 0 bridgehead atoms. The van der Waals surface area contributed by atoms with Crippen LogP contribution in [0.25, 0.3) is 0 Å². The van der Waals surface area contributed by atoms with Crippen LogP contribution in [0.2, 0.25) is 10.0 Å². The summed E-state index contributed by atoms with van der Waals surface area (Å²) in [6.07, 6.45) is 1.87. The van der Waals surface area contributed by atoms with Gasteiger partial charge in [0.05, 0.1) is 6.54 Å². The Balaban J connectivity index is 1.61. The van der Waals surface area contributed by atoms with Crippen molar-refractivity contribution in [2.75, 3.05) is 10.6 Å². The molecule has 0 spiro atoms. The van der Waals surface area contributed by atoms with E-state index >= 15 is 0 Å². The first-order valence-corrected chi connectivity index (χ1v) is 8.79. The van der Waals surface area contributed by atoms with Crippen LogP contribution in [0.1, 0.15) is 11.1 Å². The summed E-state index contributed by atoms with van der Waals surface area (Å²) in [5, 5.41) is 12.5. The molecule has 25 heavy (non-hydrogen) atoms. The minimum Gasteiger partial charge on any atom is -0.332 e. The van der Waals surface area contributed by atoms with Crippen LogP contribution >= 0.6 is 35.4 Å². The molecular weight excluding hydrogens is 375 g/mol. The van der Waals surface area contributed by atoms with Crippen molar-refractivity contribution in [3.05, 3.63) is 75.9 Å². The van der Waals surface area contributed by atoms with E-state index in [9.17, 15) is 0 Å². The molecule has 128 valence electrons. The summed E-state index contributed by atoms with van der Waals surface area (Å²) >= 11 is 17.6. The zero-order chi connectivity index (χ0) is 17.8. The lowest BCUT2D eigenvalue weighted by Gasteiger charge is -2.10. The first-order chi connectivity index (χ1) is 12.0. The highest BCUT2D eigenvalue weighted by atomic mass is 35.5. The van der Waals surface area contributed by atoms with Crippen molar-refractivity contribution < 1.29 is 0 Å². The van der Waals surface area contributed by atoms with Gasteiger partial charge in [-0.2, -0.15) is 5.10 Å². The lowest BCUT2D eigenvalue weighted by Crippen LogP contribution is -2.19. The number of aromatic nitrogens is 2. The maximum absolute atomic E-state index is 6.18. The fraction of sp³-hybridized carbons (Fsp3) is 0.111. The molecule has 0 aliphatic heterocycles. The van der Waals surface area contributed by atoms with E-state index in [1.54, 1.807) is 4.68 Å². The summed E-state index contributed by atoms with van der Waals surface area (Å²) in [5.41, 5.74) is 2.85. The van der Waals surface area contributed by atoms with E-state index in [2.05, 4.69) is 15.7 Å². The van der Waals surface area contributed by atoms with Crippen molar-refractivity contribution in [1.29, 1.82) is 0 Å². The fourth-order valence-electron chi connectivity index (χ4n) is 2.27. The number of thiocarbonyl (C=S) groups is 1. The van der Waals surface area contributed by atoms with Gasteiger partial charge in [0.25, 0.3) is 0 Å². The molecule has 0 aliphatic carbocycles. The number of rotatable bonds is 4. The Bertz CT molecular complexity index is 908. The van der Waals surface area contributed by atoms with E-state index in [1.807, 2.05) is 61.7 Å². The first kappa shape index (κ1) is 17.7. The smallest absolute Gasteiger partial charge is 0.176 e. The molecule has 0 atom stereocenters. The van der Waals surface area contributed by atoms with Gasteiger partial charge in [-0.15, -0.1) is 0 Å². The van der Waals surface area contributed by atoms with Crippen LogP contribution in [0.4, 0.5) is 11.5 Å². The van der Waals surface area contributed by atoms with E-state index in [1.165, 1.54) is 0 Å². The summed E-state index contributed by atoms with van der Waals surface area (Å²) in [7, 11) is 0. The quantitative estimate of drug-likeness (QED) is 0.588. The van der Waals surface area contributed by atoms with Gasteiger partial charge in [-0.1, -0.05) is 47.5 Å². The van der Waals surface area contributed by atoms with Crippen molar-refractivity contribution in [1.82, 2.24) is 9.78 Å². The third-order valence-corrected chi connectivity index (χ3v) is 4.58. The fourth-order valence-corrected chi connectivity index (χ4v) is 2.87. The molecule has 0 radical (unpaired) electrons. The van der Waals surface area contributed by atoms with Crippen LogP contribution in [0, 0.1) is 6.92 Å². The molecule has 1 heterocycles. The lowest BCUT2D eigenvalue weighted by molar-refractivity contribution is 0.690. The molecule has 0 fully saturated rings. The molecule has 4 nitrogen and oxygen atoms in total. The van der Waals surface area contributed by atoms with Gasteiger partial charge in [-0.25, -0.2) is 0 Å². The maximum Gasteiger partial charge on any atom is 0.176 e. The molecule has 0 saturated carbocycles. The molecule has 0 unspecified atom stereocenters. The standard InChI is InChI=1S/C18H16Cl2N4S/c1-12-6-7-14(10-16(12)20)21-18(25)22-17-8-9-24(23-17)11-13-4-2-3-5-15(13)19/h2-10H,11H2,1H3,(H2,21,22,23,25). The number of hydrogen-bond acceptors (Lipinski definition) is 2. The molecule has 0 aliphatic rings. The zero-order valence-corrected chi connectivity index (χ0v) is 15.8. The summed E-state index contributed by atoms with van der Waals surface area (Å²) in [5.74, 6) is 0.655. The first-order valence-electron chi connectivity index (χ1n) is 7.62. The SMILES string of the molecule is Cc1ccc(NC(=S)Nc2ccn(Cc3ccccc3Cl)n2)cc1Cl. The number of aryl methyl sites for hydroxylation is 1. The Morgan fingerprint density at radius 3 is 2.64 bits per heavy atom. The lowest BCUT2D eigenvalue weighted by atomic mass is 10.2. The molecule has 3 rings (SSSR count). The largest absolute Gasteiger partial charge is 0.332 e. The number of nitrogens with zero attached hydrogens (tertiary/aromatic N) is 2. The summed E-state index contributed by atoms with van der Waals surface area (Å²) < 4.78 is 1.80. The molecule has 0 amide bonds. The predicted molar refractivity (Wildman–Crippen MR) is 109 cm³/mol. The van der Waals surface area contributed by atoms with Crippen molar-refractivity contribution in [3.63, 3.8) is 0 Å². The maximum atomic E-state index is 6.18. The molecule has 7 heteroatoms. The van der Waals surface area contributed by atoms with Crippen LogP contribution < -0.4 is 10.6 Å². The minimum absolute atomic E-state index is 0.447. The van der Waals surface area contributed by atoms with Crippen LogP contribution in [0.15, 0.2) is 54.7 Å². The third-order valence-electron chi connectivity index (χ3n) is 3.60. The zero-order valence-electron chi connectivity index (χ0n) is 13.5. The van der Waals surface area contributed by atoms with Crippen LogP contribution in [0.5, 0.6) is 0 Å². The average molecular weight is 391 g/mol. The second kappa shape index (κ2) is 7.87. The summed E-state index contributed by atoms with van der Waals surface area (Å²) in [6, 6.07) is 15.2. The Morgan fingerprint density at radius 1 is 1.08 bits per heavy atom. The Labute approximate surface area is 161 Å². The Hall–Kier alpha value is -2.08. The van der Waals surface area contributed by atoms with Gasteiger partial charge >= 0.3 is 0 Å². The van der Waals surface area contributed by atoms with Gasteiger partial charge in [-0.3, -0.25) is 4.68 Å². The second-order valence-electron chi connectivity index (χ2n) is 5.53. The predicted octanol–water partition coefficient (Wildman–Crippen LogP) is 5.36. The van der Waals surface area contributed by atoms with Crippen molar-refractivity contribution in [2.45, 2.75) is 13.5 Å². The Morgan fingerprint density at radius 2 is 1.88 bits per heavy atom. The molecule has 1 aromatic heterocycles. The summed E-state index contributed by atoms with van der Waals surface area (Å²) in [6.45, 7) is 2.55. The highest BCUT2D eigenvalue weighted by Gasteiger charge is 2.05. The van der Waals surface area contributed by atoms with Crippen LogP contribution in [-0.4, -0.2) is 14.9 Å². The van der Waals surface area contributed by atoms with E-state index in [4.69, 9.17) is 35.4 Å².